The summed E-state index contributed by atoms with van der Waals surface area (Å²) in [7, 11) is 0. The van der Waals surface area contributed by atoms with Gasteiger partial charge in [0.2, 0.25) is 0 Å². The quantitative estimate of drug-likeness (QED) is 0.473. The van der Waals surface area contributed by atoms with E-state index in [1.165, 1.54) is 6.08 Å². The molecule has 0 fully saturated rings. The Morgan fingerprint density at radius 2 is 1.82 bits per heavy atom. The number of benzene rings is 2. The number of hydrogen-bond donors (Lipinski definition) is 0. The van der Waals surface area contributed by atoms with Crippen LogP contribution < -0.4 is 0 Å². The van der Waals surface area contributed by atoms with E-state index in [2.05, 4.69) is 0 Å². The van der Waals surface area contributed by atoms with Gasteiger partial charge in [0.15, 0.2) is 5.78 Å². The Kier molecular flexibility index (Phi) is 5.50. The molecule has 0 aliphatic rings. The zero-order valence-corrected chi connectivity index (χ0v) is 12.8. The monoisotopic (exact) mass is 314 g/mol. The van der Waals surface area contributed by atoms with Crippen molar-refractivity contribution in [1.29, 1.82) is 0 Å². The Balaban J connectivity index is 2.19. The number of carbonyl (C=O) groups is 2. The van der Waals surface area contributed by atoms with Gasteiger partial charge in [0, 0.05) is 22.2 Å². The number of rotatable bonds is 5. The Bertz CT molecular complexity index is 703. The first kappa shape index (κ1) is 16.0. The molecule has 0 heterocycles. The summed E-state index contributed by atoms with van der Waals surface area (Å²) in [6.45, 7) is 2.08. The number of carbonyl (C=O) groups excluding carboxylic acids is 2. The number of hydrogen-bond acceptors (Lipinski definition) is 3. The van der Waals surface area contributed by atoms with E-state index in [-0.39, 0.29) is 5.78 Å². The molecule has 4 heteroatoms. The van der Waals surface area contributed by atoms with Crippen LogP contribution in [0.15, 0.2) is 54.6 Å². The highest BCUT2D eigenvalue weighted by atomic mass is 35.5. The summed E-state index contributed by atoms with van der Waals surface area (Å²) in [5.41, 5.74) is 1.87. The predicted octanol–water partition coefficient (Wildman–Crippen LogP) is 4.15. The van der Waals surface area contributed by atoms with Crippen LogP contribution in [0, 0.1) is 0 Å². The van der Waals surface area contributed by atoms with E-state index >= 15 is 0 Å². The van der Waals surface area contributed by atoms with E-state index in [1.807, 2.05) is 6.07 Å². The minimum Gasteiger partial charge on any atom is -0.463 e. The summed E-state index contributed by atoms with van der Waals surface area (Å²) in [4.78, 5) is 23.7. The lowest BCUT2D eigenvalue weighted by molar-refractivity contribution is -0.137. The zero-order chi connectivity index (χ0) is 15.9. The highest BCUT2D eigenvalue weighted by Crippen LogP contribution is 2.15. The van der Waals surface area contributed by atoms with Gasteiger partial charge in [-0.05, 0) is 48.9 Å². The van der Waals surface area contributed by atoms with Crippen LogP contribution in [0.5, 0.6) is 0 Å². The van der Waals surface area contributed by atoms with Crippen LogP contribution >= 0.6 is 11.6 Å². The van der Waals surface area contributed by atoms with Gasteiger partial charge in [0.25, 0.3) is 0 Å². The predicted molar refractivity (Wildman–Crippen MR) is 87.0 cm³/mol. The fraction of sp³-hybridized carbons (Fsp3) is 0.111. The van der Waals surface area contributed by atoms with Gasteiger partial charge in [0.05, 0.1) is 6.61 Å². The van der Waals surface area contributed by atoms with Crippen LogP contribution in [0.1, 0.15) is 28.4 Å². The summed E-state index contributed by atoms with van der Waals surface area (Å²) in [5.74, 6) is -0.500. The van der Waals surface area contributed by atoms with Crippen LogP contribution in [-0.2, 0) is 9.53 Å². The normalized spacial score (nSPS) is 10.6. The van der Waals surface area contributed by atoms with E-state index in [4.69, 9.17) is 16.3 Å². The first-order valence-electron chi connectivity index (χ1n) is 6.85. The highest BCUT2D eigenvalue weighted by Gasteiger charge is 2.09. The molecule has 112 valence electrons. The average molecular weight is 315 g/mol. The molecule has 0 aliphatic heterocycles. The second kappa shape index (κ2) is 7.57. The van der Waals surface area contributed by atoms with E-state index < -0.39 is 5.97 Å². The summed E-state index contributed by atoms with van der Waals surface area (Å²) in [6.07, 6.45) is 2.96. The van der Waals surface area contributed by atoms with E-state index in [0.717, 1.165) is 5.56 Å². The number of ketones is 1. The van der Waals surface area contributed by atoms with Crippen molar-refractivity contribution in [2.45, 2.75) is 6.92 Å². The molecule has 0 amide bonds. The Morgan fingerprint density at radius 1 is 1.09 bits per heavy atom. The lowest BCUT2D eigenvalue weighted by atomic mass is 10.0. The molecule has 2 rings (SSSR count). The molecule has 0 aliphatic carbocycles. The molecule has 0 saturated carbocycles. The number of esters is 1. The molecule has 0 unspecified atom stereocenters. The first-order valence-corrected chi connectivity index (χ1v) is 7.23. The summed E-state index contributed by atoms with van der Waals surface area (Å²) in [6, 6.07) is 13.8. The Hall–Kier alpha value is -2.39. The lowest BCUT2D eigenvalue weighted by Gasteiger charge is -2.03. The molecule has 0 radical (unpaired) electrons. The zero-order valence-electron chi connectivity index (χ0n) is 12.1. The molecule has 0 aromatic heterocycles. The lowest BCUT2D eigenvalue weighted by Crippen LogP contribution is -2.01. The van der Waals surface area contributed by atoms with Crippen molar-refractivity contribution in [1.82, 2.24) is 0 Å². The molecule has 0 N–H and O–H groups in total. The third-order valence-corrected chi connectivity index (χ3v) is 3.21. The molecule has 3 nitrogen and oxygen atoms in total. The van der Waals surface area contributed by atoms with Crippen molar-refractivity contribution in [3.05, 3.63) is 76.3 Å². The third kappa shape index (κ3) is 4.30. The molecule has 2 aromatic rings. The van der Waals surface area contributed by atoms with Crippen LogP contribution in [0.2, 0.25) is 5.02 Å². The maximum Gasteiger partial charge on any atom is 0.330 e. The first-order chi connectivity index (χ1) is 10.6. The van der Waals surface area contributed by atoms with Crippen LogP contribution in [-0.4, -0.2) is 18.4 Å². The topological polar surface area (TPSA) is 43.4 Å². The smallest absolute Gasteiger partial charge is 0.330 e. The fourth-order valence-electron chi connectivity index (χ4n) is 1.91. The standard InChI is InChI=1S/C18H15ClO3/c1-2-22-17(20)11-6-13-4-3-5-15(12-13)18(21)14-7-9-16(19)10-8-14/h3-12H,2H2,1H3/b11-6+. The van der Waals surface area contributed by atoms with Gasteiger partial charge < -0.3 is 4.74 Å². The van der Waals surface area contributed by atoms with Crippen LogP contribution in [0.25, 0.3) is 6.08 Å². The van der Waals surface area contributed by atoms with E-state index in [1.54, 1.807) is 55.5 Å². The van der Waals surface area contributed by atoms with Crippen molar-refractivity contribution < 1.29 is 14.3 Å². The Morgan fingerprint density at radius 3 is 2.50 bits per heavy atom. The minimum absolute atomic E-state index is 0.0944. The maximum atomic E-state index is 12.4. The molecule has 22 heavy (non-hydrogen) atoms. The molecule has 0 spiro atoms. The molecule has 2 aromatic carbocycles. The van der Waals surface area contributed by atoms with Gasteiger partial charge in [-0.3, -0.25) is 4.79 Å². The summed E-state index contributed by atoms with van der Waals surface area (Å²) < 4.78 is 4.82. The molecule has 0 saturated heterocycles. The highest BCUT2D eigenvalue weighted by molar-refractivity contribution is 6.30. The van der Waals surface area contributed by atoms with E-state index in [9.17, 15) is 9.59 Å². The molecule has 0 bridgehead atoms. The fourth-order valence-corrected chi connectivity index (χ4v) is 2.03. The van der Waals surface area contributed by atoms with Crippen molar-refractivity contribution in [3.63, 3.8) is 0 Å². The van der Waals surface area contributed by atoms with Crippen LogP contribution in [0.4, 0.5) is 0 Å². The number of halogens is 1. The Labute approximate surface area is 134 Å². The van der Waals surface area contributed by atoms with Gasteiger partial charge in [-0.25, -0.2) is 4.79 Å². The van der Waals surface area contributed by atoms with Gasteiger partial charge in [-0.15, -0.1) is 0 Å². The third-order valence-electron chi connectivity index (χ3n) is 2.95. The average Bonchev–Trinajstić information content (AvgIpc) is 2.53. The maximum absolute atomic E-state index is 12.4. The molecular weight excluding hydrogens is 300 g/mol. The van der Waals surface area contributed by atoms with Crippen molar-refractivity contribution in [2.75, 3.05) is 6.61 Å². The second-order valence-electron chi connectivity index (χ2n) is 4.55. The largest absolute Gasteiger partial charge is 0.463 e. The van der Waals surface area contributed by atoms with Crippen molar-refractivity contribution in [2.24, 2.45) is 0 Å². The van der Waals surface area contributed by atoms with E-state index in [0.29, 0.717) is 22.8 Å². The second-order valence-corrected chi connectivity index (χ2v) is 4.98. The minimum atomic E-state index is -0.406. The van der Waals surface area contributed by atoms with Crippen molar-refractivity contribution in [3.8, 4) is 0 Å². The van der Waals surface area contributed by atoms with Crippen molar-refractivity contribution >= 4 is 29.4 Å². The summed E-state index contributed by atoms with van der Waals surface area (Å²) in [5, 5.41) is 0.586. The molecular formula is C18H15ClO3. The van der Waals surface area contributed by atoms with Gasteiger partial charge >= 0.3 is 5.97 Å². The van der Waals surface area contributed by atoms with Gasteiger partial charge in [0.1, 0.15) is 0 Å². The van der Waals surface area contributed by atoms with Gasteiger partial charge in [-0.2, -0.15) is 0 Å². The van der Waals surface area contributed by atoms with Crippen LogP contribution in [0.3, 0.4) is 0 Å². The molecule has 0 atom stereocenters. The summed E-state index contributed by atoms with van der Waals surface area (Å²) >= 11 is 5.82. The number of ether oxygens (including phenoxy) is 1. The van der Waals surface area contributed by atoms with Gasteiger partial charge in [-0.1, -0.05) is 29.8 Å². The SMILES string of the molecule is CCOC(=O)/C=C/c1cccc(C(=O)c2ccc(Cl)cc2)c1.